The number of hydrogen-bond acceptors (Lipinski definition) is 5. The number of halogens is 1. The van der Waals surface area contributed by atoms with Gasteiger partial charge in [-0.25, -0.2) is 0 Å². The second-order valence-electron chi connectivity index (χ2n) is 7.50. The number of hydrogen-bond donors (Lipinski definition) is 1. The van der Waals surface area contributed by atoms with E-state index in [2.05, 4.69) is 34.1 Å². The number of carbonyl (C=O) groups excluding carboxylic acids is 1. The van der Waals surface area contributed by atoms with E-state index < -0.39 is 5.92 Å². The lowest BCUT2D eigenvalue weighted by atomic mass is 9.77. The summed E-state index contributed by atoms with van der Waals surface area (Å²) in [5.41, 5.74) is 9.91. The van der Waals surface area contributed by atoms with E-state index in [0.29, 0.717) is 36.5 Å². The molecule has 2 N–H and O–H groups in total. The SMILES string of the molecule is Cc1ccc(COc2ccc([C@@H]3C(C#N)=C(N)OC4=C3C(=O)CCC4)cc2Br)cc1. The number of nitrogens with zero attached hydrogens (tertiary/aromatic N) is 1. The van der Waals surface area contributed by atoms with Gasteiger partial charge in [-0.15, -0.1) is 0 Å². The quantitative estimate of drug-likeness (QED) is 0.675. The van der Waals surface area contributed by atoms with E-state index in [1.54, 1.807) is 0 Å². The van der Waals surface area contributed by atoms with Gasteiger partial charge >= 0.3 is 0 Å². The van der Waals surface area contributed by atoms with Gasteiger partial charge in [-0.2, -0.15) is 5.26 Å². The summed E-state index contributed by atoms with van der Waals surface area (Å²) in [7, 11) is 0. The van der Waals surface area contributed by atoms with Crippen LogP contribution in [0.2, 0.25) is 0 Å². The number of rotatable bonds is 4. The van der Waals surface area contributed by atoms with Crippen molar-refractivity contribution in [3.05, 3.63) is 86.4 Å². The van der Waals surface area contributed by atoms with Crippen molar-refractivity contribution >= 4 is 21.7 Å². The van der Waals surface area contributed by atoms with Crippen molar-refractivity contribution in [1.29, 1.82) is 5.26 Å². The summed E-state index contributed by atoms with van der Waals surface area (Å²) in [6.45, 7) is 2.49. The molecule has 2 aromatic carbocycles. The molecule has 0 radical (unpaired) electrons. The Morgan fingerprint density at radius 3 is 2.70 bits per heavy atom. The topological polar surface area (TPSA) is 85.3 Å². The van der Waals surface area contributed by atoms with Gasteiger partial charge in [0.05, 0.1) is 10.4 Å². The minimum Gasteiger partial charge on any atom is -0.488 e. The molecule has 1 heterocycles. The Balaban J connectivity index is 1.64. The number of allylic oxidation sites excluding steroid dienone is 3. The highest BCUT2D eigenvalue weighted by atomic mass is 79.9. The Morgan fingerprint density at radius 1 is 1.23 bits per heavy atom. The number of nitrogens with two attached hydrogens (primary N) is 1. The van der Waals surface area contributed by atoms with Crippen LogP contribution in [0.5, 0.6) is 5.75 Å². The lowest BCUT2D eigenvalue weighted by Crippen LogP contribution is -2.27. The first-order valence-corrected chi connectivity index (χ1v) is 10.6. The first kappa shape index (κ1) is 20.2. The zero-order chi connectivity index (χ0) is 21.3. The molecule has 6 heteroatoms. The van der Waals surface area contributed by atoms with Crippen LogP contribution in [0.1, 0.15) is 41.9 Å². The summed E-state index contributed by atoms with van der Waals surface area (Å²) in [5.74, 6) is 0.840. The summed E-state index contributed by atoms with van der Waals surface area (Å²) in [5, 5.41) is 9.69. The zero-order valence-corrected chi connectivity index (χ0v) is 18.2. The third-order valence-electron chi connectivity index (χ3n) is 5.41. The Labute approximate surface area is 183 Å². The van der Waals surface area contributed by atoms with Crippen LogP contribution in [0, 0.1) is 18.3 Å². The summed E-state index contributed by atoms with van der Waals surface area (Å²) in [6.07, 6.45) is 1.83. The van der Waals surface area contributed by atoms with Crippen LogP contribution in [-0.4, -0.2) is 5.78 Å². The molecule has 0 unspecified atom stereocenters. The van der Waals surface area contributed by atoms with Crippen molar-refractivity contribution in [1.82, 2.24) is 0 Å². The molecule has 5 nitrogen and oxygen atoms in total. The van der Waals surface area contributed by atoms with Gasteiger partial charge in [0.2, 0.25) is 5.88 Å². The Morgan fingerprint density at radius 2 is 2.00 bits per heavy atom. The van der Waals surface area contributed by atoms with Crippen LogP contribution < -0.4 is 10.5 Å². The lowest BCUT2D eigenvalue weighted by Gasteiger charge is -2.31. The van der Waals surface area contributed by atoms with Gasteiger partial charge in [0.1, 0.15) is 29.8 Å². The second kappa shape index (κ2) is 8.37. The van der Waals surface area contributed by atoms with Gasteiger partial charge in [0.15, 0.2) is 5.78 Å². The van der Waals surface area contributed by atoms with E-state index in [0.717, 1.165) is 22.0 Å². The fraction of sp³-hybridized carbons (Fsp3) is 0.250. The number of ketones is 1. The number of ether oxygens (including phenoxy) is 2. The van der Waals surface area contributed by atoms with Crippen molar-refractivity contribution < 1.29 is 14.3 Å². The summed E-state index contributed by atoms with van der Waals surface area (Å²) in [4.78, 5) is 12.7. The van der Waals surface area contributed by atoms with Crippen LogP contribution in [0.4, 0.5) is 0 Å². The average Bonchev–Trinajstić information content (AvgIpc) is 2.73. The summed E-state index contributed by atoms with van der Waals surface area (Å²) >= 11 is 3.57. The van der Waals surface area contributed by atoms with Crippen LogP contribution >= 0.6 is 15.9 Å². The normalized spacial score (nSPS) is 18.6. The van der Waals surface area contributed by atoms with Crippen LogP contribution in [0.15, 0.2) is 69.7 Å². The first-order chi connectivity index (χ1) is 14.5. The number of nitriles is 1. The minimum atomic E-state index is -0.519. The fourth-order valence-electron chi connectivity index (χ4n) is 3.85. The highest BCUT2D eigenvalue weighted by molar-refractivity contribution is 9.10. The molecule has 152 valence electrons. The lowest BCUT2D eigenvalue weighted by molar-refractivity contribution is -0.116. The molecule has 1 aliphatic heterocycles. The van der Waals surface area contributed by atoms with E-state index >= 15 is 0 Å². The summed E-state index contributed by atoms with van der Waals surface area (Å²) in [6, 6.07) is 15.9. The highest BCUT2D eigenvalue weighted by Crippen LogP contribution is 2.44. The van der Waals surface area contributed by atoms with E-state index in [9.17, 15) is 10.1 Å². The molecule has 4 rings (SSSR count). The predicted octanol–water partition coefficient (Wildman–Crippen LogP) is 5.15. The molecule has 0 saturated carbocycles. The molecule has 2 aromatic rings. The molecule has 30 heavy (non-hydrogen) atoms. The van der Waals surface area contributed by atoms with Gasteiger partial charge in [-0.05, 0) is 52.5 Å². The number of aryl methyl sites for hydroxylation is 1. The van der Waals surface area contributed by atoms with Crippen molar-refractivity contribution in [3.63, 3.8) is 0 Å². The third kappa shape index (κ3) is 3.86. The van der Waals surface area contributed by atoms with Gasteiger partial charge in [-0.1, -0.05) is 35.9 Å². The molecular weight excluding hydrogens is 444 g/mol. The molecule has 1 atom stereocenters. The molecule has 0 aromatic heterocycles. The average molecular weight is 465 g/mol. The maximum Gasteiger partial charge on any atom is 0.205 e. The van der Waals surface area contributed by atoms with Gasteiger partial charge in [0, 0.05) is 18.4 Å². The van der Waals surface area contributed by atoms with Gasteiger partial charge in [-0.3, -0.25) is 4.79 Å². The zero-order valence-electron chi connectivity index (χ0n) is 16.6. The predicted molar refractivity (Wildman–Crippen MR) is 116 cm³/mol. The molecule has 0 bridgehead atoms. The number of carbonyl (C=O) groups is 1. The first-order valence-electron chi connectivity index (χ1n) is 9.79. The molecule has 0 spiro atoms. The Kier molecular flexibility index (Phi) is 5.65. The van der Waals surface area contributed by atoms with E-state index in [1.807, 2.05) is 37.3 Å². The minimum absolute atomic E-state index is 0.0114. The van der Waals surface area contributed by atoms with E-state index in [-0.39, 0.29) is 17.2 Å². The molecular formula is C24H21BrN2O3. The highest BCUT2D eigenvalue weighted by Gasteiger charge is 2.38. The van der Waals surface area contributed by atoms with E-state index in [4.69, 9.17) is 15.2 Å². The molecule has 2 aliphatic rings. The standard InChI is InChI=1S/C24H21BrN2O3/c1-14-5-7-15(8-6-14)13-29-20-10-9-16(11-18(20)25)22-17(12-26)24(27)30-21-4-2-3-19(28)23(21)22/h5-11,22H,2-4,13,27H2,1H3/t22-/m1/s1. The van der Waals surface area contributed by atoms with Gasteiger partial charge in [0.25, 0.3) is 0 Å². The number of benzene rings is 2. The van der Waals surface area contributed by atoms with Crippen LogP contribution in [0.3, 0.4) is 0 Å². The van der Waals surface area contributed by atoms with Crippen molar-refractivity contribution in [2.45, 2.75) is 38.7 Å². The molecule has 0 amide bonds. The monoisotopic (exact) mass is 464 g/mol. The number of Topliss-reactive ketones (excluding diaryl/α,β-unsaturated/α-hetero) is 1. The Bertz CT molecular complexity index is 1110. The van der Waals surface area contributed by atoms with Crippen molar-refractivity contribution in [2.75, 3.05) is 0 Å². The fourth-order valence-corrected chi connectivity index (χ4v) is 4.36. The van der Waals surface area contributed by atoms with Crippen molar-refractivity contribution in [2.24, 2.45) is 5.73 Å². The molecule has 0 fully saturated rings. The maximum absolute atomic E-state index is 12.7. The van der Waals surface area contributed by atoms with Crippen molar-refractivity contribution in [3.8, 4) is 11.8 Å². The summed E-state index contributed by atoms with van der Waals surface area (Å²) < 4.78 is 12.3. The van der Waals surface area contributed by atoms with E-state index in [1.165, 1.54) is 5.56 Å². The largest absolute Gasteiger partial charge is 0.488 e. The van der Waals surface area contributed by atoms with Crippen LogP contribution in [-0.2, 0) is 16.1 Å². The molecule has 0 saturated heterocycles. The Hall–Kier alpha value is -3.04. The second-order valence-corrected chi connectivity index (χ2v) is 8.36. The third-order valence-corrected chi connectivity index (χ3v) is 6.03. The van der Waals surface area contributed by atoms with Gasteiger partial charge < -0.3 is 15.2 Å². The smallest absolute Gasteiger partial charge is 0.205 e. The maximum atomic E-state index is 12.7. The molecule has 1 aliphatic carbocycles. The van der Waals surface area contributed by atoms with Crippen LogP contribution in [0.25, 0.3) is 0 Å².